The highest BCUT2D eigenvalue weighted by molar-refractivity contribution is 5.79. The summed E-state index contributed by atoms with van der Waals surface area (Å²) < 4.78 is 0. The highest BCUT2D eigenvalue weighted by Gasteiger charge is 2.33. The molecule has 20 heavy (non-hydrogen) atoms. The molecule has 1 aliphatic carbocycles. The Labute approximate surface area is 121 Å². The normalized spacial score (nSPS) is 28.6. The van der Waals surface area contributed by atoms with E-state index < -0.39 is 5.97 Å². The van der Waals surface area contributed by atoms with Crippen LogP contribution in [0.3, 0.4) is 0 Å². The first-order valence-corrected chi connectivity index (χ1v) is 8.00. The van der Waals surface area contributed by atoms with Crippen LogP contribution >= 0.6 is 0 Å². The van der Waals surface area contributed by atoms with Crippen LogP contribution in [0.2, 0.25) is 0 Å². The Morgan fingerprint density at radius 3 is 1.90 bits per heavy atom. The summed E-state index contributed by atoms with van der Waals surface area (Å²) >= 11 is 0. The van der Waals surface area contributed by atoms with E-state index in [1.54, 1.807) is 0 Å². The summed E-state index contributed by atoms with van der Waals surface area (Å²) in [6.45, 7) is 6.30. The van der Waals surface area contributed by atoms with Crippen molar-refractivity contribution in [3.8, 4) is 0 Å². The van der Waals surface area contributed by atoms with E-state index >= 15 is 0 Å². The molecule has 1 aliphatic heterocycles. The number of nitrogens with zero attached hydrogens (tertiary/aromatic N) is 1. The summed E-state index contributed by atoms with van der Waals surface area (Å²) in [6.07, 6.45) is 5.06. The lowest BCUT2D eigenvalue weighted by molar-refractivity contribution is -0.146. The molecule has 4 heteroatoms. The van der Waals surface area contributed by atoms with Crippen molar-refractivity contribution in [1.29, 1.82) is 0 Å². The molecular formula is C16H27NO3. The smallest absolute Gasteiger partial charge is 0.306 e. The van der Waals surface area contributed by atoms with Gasteiger partial charge in [0, 0.05) is 19.0 Å². The minimum Gasteiger partial charge on any atom is -0.481 e. The fourth-order valence-electron chi connectivity index (χ4n) is 3.63. The van der Waals surface area contributed by atoms with Gasteiger partial charge < -0.3 is 10.0 Å². The number of hydrogen-bond donors (Lipinski definition) is 1. The van der Waals surface area contributed by atoms with Crippen LogP contribution in [0.1, 0.15) is 52.4 Å². The van der Waals surface area contributed by atoms with E-state index in [1.165, 1.54) is 0 Å². The van der Waals surface area contributed by atoms with Crippen LogP contribution in [0.5, 0.6) is 0 Å². The third-order valence-electron chi connectivity index (χ3n) is 5.22. The molecule has 0 radical (unpaired) electrons. The molecule has 0 unspecified atom stereocenters. The SMILES string of the molecule is CC(C)C1CCN(C(=O)C2CCC(C(=O)O)CC2)CC1. The number of aliphatic carboxylic acids is 1. The van der Waals surface area contributed by atoms with Crippen LogP contribution in [0.4, 0.5) is 0 Å². The number of carboxylic acids is 1. The summed E-state index contributed by atoms with van der Waals surface area (Å²) in [7, 11) is 0. The molecule has 1 heterocycles. The van der Waals surface area contributed by atoms with Gasteiger partial charge in [-0.1, -0.05) is 13.8 Å². The largest absolute Gasteiger partial charge is 0.481 e. The van der Waals surface area contributed by atoms with Gasteiger partial charge in [-0.15, -0.1) is 0 Å². The monoisotopic (exact) mass is 281 g/mol. The zero-order valence-electron chi connectivity index (χ0n) is 12.7. The van der Waals surface area contributed by atoms with Gasteiger partial charge >= 0.3 is 5.97 Å². The zero-order chi connectivity index (χ0) is 14.7. The number of likely N-dealkylation sites (tertiary alicyclic amines) is 1. The summed E-state index contributed by atoms with van der Waals surface area (Å²) in [5, 5.41) is 9.00. The van der Waals surface area contributed by atoms with Crippen molar-refractivity contribution in [2.75, 3.05) is 13.1 Å². The number of piperidine rings is 1. The molecule has 114 valence electrons. The van der Waals surface area contributed by atoms with Gasteiger partial charge in [-0.2, -0.15) is 0 Å². The number of carboxylic acid groups (broad SMARTS) is 1. The molecule has 2 rings (SSSR count). The van der Waals surface area contributed by atoms with E-state index in [0.717, 1.165) is 44.7 Å². The summed E-state index contributed by atoms with van der Waals surface area (Å²) in [5.41, 5.74) is 0. The average molecular weight is 281 g/mol. The molecule has 0 aromatic heterocycles. The van der Waals surface area contributed by atoms with E-state index in [0.29, 0.717) is 18.8 Å². The Hall–Kier alpha value is -1.06. The van der Waals surface area contributed by atoms with Crippen molar-refractivity contribution >= 4 is 11.9 Å². The summed E-state index contributed by atoms with van der Waals surface area (Å²) in [5.74, 6) is 0.872. The number of carbonyl (C=O) groups excluding carboxylic acids is 1. The molecule has 0 aromatic rings. The number of rotatable bonds is 3. The number of carbonyl (C=O) groups is 2. The van der Waals surface area contributed by atoms with Crippen molar-refractivity contribution in [2.24, 2.45) is 23.7 Å². The second-order valence-electron chi connectivity index (χ2n) is 6.79. The van der Waals surface area contributed by atoms with Gasteiger partial charge in [0.25, 0.3) is 0 Å². The van der Waals surface area contributed by atoms with Crippen molar-refractivity contribution in [1.82, 2.24) is 4.90 Å². The molecule has 1 saturated carbocycles. The molecule has 2 aliphatic rings. The van der Waals surface area contributed by atoms with Gasteiger partial charge in [-0.3, -0.25) is 9.59 Å². The second-order valence-corrected chi connectivity index (χ2v) is 6.79. The quantitative estimate of drug-likeness (QED) is 0.865. The molecule has 0 spiro atoms. The predicted molar refractivity (Wildman–Crippen MR) is 77.2 cm³/mol. The van der Waals surface area contributed by atoms with E-state index in [9.17, 15) is 9.59 Å². The van der Waals surface area contributed by atoms with E-state index in [-0.39, 0.29) is 17.7 Å². The standard InChI is InChI=1S/C16H27NO3/c1-11(2)12-7-9-17(10-8-12)15(18)13-3-5-14(6-4-13)16(19)20/h11-14H,3-10H2,1-2H3,(H,19,20). The maximum atomic E-state index is 12.5. The van der Waals surface area contributed by atoms with Crippen LogP contribution in [0.25, 0.3) is 0 Å². The maximum Gasteiger partial charge on any atom is 0.306 e. The molecule has 0 aromatic carbocycles. The Bertz CT molecular complexity index is 351. The molecule has 0 bridgehead atoms. The Kier molecular flexibility index (Phi) is 5.06. The van der Waals surface area contributed by atoms with Gasteiger partial charge in [0.15, 0.2) is 0 Å². The van der Waals surface area contributed by atoms with Gasteiger partial charge in [0.2, 0.25) is 5.91 Å². The van der Waals surface area contributed by atoms with Crippen LogP contribution in [-0.4, -0.2) is 35.0 Å². The molecular weight excluding hydrogens is 254 g/mol. The van der Waals surface area contributed by atoms with E-state index in [2.05, 4.69) is 13.8 Å². The average Bonchev–Trinajstić information content (AvgIpc) is 2.46. The van der Waals surface area contributed by atoms with Gasteiger partial charge in [0.1, 0.15) is 0 Å². The first kappa shape index (κ1) is 15.3. The Balaban J connectivity index is 1.80. The van der Waals surface area contributed by atoms with Gasteiger partial charge in [-0.25, -0.2) is 0 Å². The molecule has 4 nitrogen and oxygen atoms in total. The van der Waals surface area contributed by atoms with Crippen molar-refractivity contribution in [3.63, 3.8) is 0 Å². The van der Waals surface area contributed by atoms with Crippen LogP contribution in [-0.2, 0) is 9.59 Å². The Morgan fingerprint density at radius 1 is 0.950 bits per heavy atom. The summed E-state index contributed by atoms with van der Waals surface area (Å²) in [6, 6.07) is 0. The Morgan fingerprint density at radius 2 is 1.45 bits per heavy atom. The zero-order valence-corrected chi connectivity index (χ0v) is 12.7. The highest BCUT2D eigenvalue weighted by atomic mass is 16.4. The second kappa shape index (κ2) is 6.59. The van der Waals surface area contributed by atoms with Crippen molar-refractivity contribution < 1.29 is 14.7 Å². The van der Waals surface area contributed by atoms with Crippen LogP contribution < -0.4 is 0 Å². The third kappa shape index (κ3) is 3.53. The molecule has 0 atom stereocenters. The fraction of sp³-hybridized carbons (Fsp3) is 0.875. The highest BCUT2D eigenvalue weighted by Crippen LogP contribution is 2.32. The van der Waals surface area contributed by atoms with Crippen molar-refractivity contribution in [2.45, 2.75) is 52.4 Å². The number of hydrogen-bond acceptors (Lipinski definition) is 2. The van der Waals surface area contributed by atoms with Crippen LogP contribution in [0.15, 0.2) is 0 Å². The molecule has 1 amide bonds. The van der Waals surface area contributed by atoms with Gasteiger partial charge in [-0.05, 0) is 50.4 Å². The lowest BCUT2D eigenvalue weighted by Crippen LogP contribution is -2.43. The minimum atomic E-state index is -0.700. The first-order chi connectivity index (χ1) is 9.49. The fourth-order valence-corrected chi connectivity index (χ4v) is 3.63. The topological polar surface area (TPSA) is 57.6 Å². The van der Waals surface area contributed by atoms with Crippen molar-refractivity contribution in [3.05, 3.63) is 0 Å². The molecule has 1 N–H and O–H groups in total. The first-order valence-electron chi connectivity index (χ1n) is 8.00. The van der Waals surface area contributed by atoms with E-state index in [1.807, 2.05) is 4.90 Å². The lowest BCUT2D eigenvalue weighted by Gasteiger charge is -2.37. The third-order valence-corrected chi connectivity index (χ3v) is 5.22. The van der Waals surface area contributed by atoms with E-state index in [4.69, 9.17) is 5.11 Å². The molecule has 2 fully saturated rings. The predicted octanol–water partition coefficient (Wildman–Crippen LogP) is 2.77. The maximum absolute atomic E-state index is 12.5. The lowest BCUT2D eigenvalue weighted by atomic mass is 9.80. The number of amides is 1. The minimum absolute atomic E-state index is 0.0706. The molecule has 1 saturated heterocycles. The van der Waals surface area contributed by atoms with Crippen LogP contribution in [0, 0.1) is 23.7 Å². The summed E-state index contributed by atoms with van der Waals surface area (Å²) in [4.78, 5) is 25.4. The van der Waals surface area contributed by atoms with Gasteiger partial charge in [0.05, 0.1) is 5.92 Å².